The molecule has 31 heavy (non-hydrogen) atoms. The maximum Gasteiger partial charge on any atom is 0.314 e. The molecular weight excluding hydrogens is 400 g/mol. The Balaban J connectivity index is 1.91. The van der Waals surface area contributed by atoms with Crippen molar-refractivity contribution in [1.29, 1.82) is 0 Å². The van der Waals surface area contributed by atoms with Crippen LogP contribution >= 0.6 is 11.3 Å². The fourth-order valence-corrected chi connectivity index (χ4v) is 5.54. The lowest BCUT2D eigenvalue weighted by molar-refractivity contribution is -0.143. The van der Waals surface area contributed by atoms with Crippen LogP contribution in [0.4, 0.5) is 0 Å². The van der Waals surface area contributed by atoms with E-state index < -0.39 is 11.4 Å². The van der Waals surface area contributed by atoms with Gasteiger partial charge in [-0.2, -0.15) is 11.3 Å². The van der Waals surface area contributed by atoms with E-state index in [1.54, 1.807) is 0 Å². The van der Waals surface area contributed by atoms with Crippen LogP contribution in [0.15, 0.2) is 102 Å². The number of carbonyl (C=O) groups is 1. The van der Waals surface area contributed by atoms with Crippen LogP contribution in [0, 0.1) is 0 Å². The van der Waals surface area contributed by atoms with E-state index in [1.165, 1.54) is 11.3 Å². The number of hydrogen-bond acceptors (Lipinski definition) is 2. The molecule has 2 nitrogen and oxygen atoms in total. The fourth-order valence-electron chi connectivity index (χ4n) is 4.77. The Morgan fingerprint density at radius 1 is 0.774 bits per heavy atom. The average molecular weight is 423 g/mol. The average Bonchev–Trinajstić information content (AvgIpc) is 3.35. The number of carboxylic acids is 1. The summed E-state index contributed by atoms with van der Waals surface area (Å²) in [7, 11) is 0. The van der Waals surface area contributed by atoms with E-state index >= 15 is 0 Å². The Morgan fingerprint density at radius 2 is 1.29 bits per heavy atom. The van der Waals surface area contributed by atoms with Crippen LogP contribution in [0.1, 0.15) is 29.5 Å². The summed E-state index contributed by atoms with van der Waals surface area (Å²) in [4.78, 5) is 13.0. The zero-order valence-corrected chi connectivity index (χ0v) is 18.0. The monoisotopic (exact) mass is 422 g/mol. The molecule has 4 aromatic carbocycles. The molecule has 1 atom stereocenters. The van der Waals surface area contributed by atoms with Crippen LogP contribution in [0.3, 0.4) is 0 Å². The van der Waals surface area contributed by atoms with Gasteiger partial charge in [0.2, 0.25) is 0 Å². The normalized spacial score (nSPS) is 13.5. The Labute approximate surface area is 185 Å². The molecular formula is C28H22O2S. The maximum absolute atomic E-state index is 13.0. The molecule has 0 bridgehead atoms. The Kier molecular flexibility index (Phi) is 4.84. The van der Waals surface area contributed by atoms with Crippen molar-refractivity contribution in [2.24, 2.45) is 0 Å². The van der Waals surface area contributed by atoms with Gasteiger partial charge in [-0.25, -0.2) is 0 Å². The highest BCUT2D eigenvalue weighted by molar-refractivity contribution is 7.08. The number of hydrogen-bond donors (Lipinski definition) is 1. The highest BCUT2D eigenvalue weighted by atomic mass is 32.1. The standard InChI is InChI=1S/C28H22O2S/c1-28(27(29)30,21-16-17-31-18-21)26(24-14-6-10-19-8-2-4-12-22(19)24)25-15-7-11-20-9-3-5-13-23(20)25/h2-18,26H,1H3,(H,29,30)/t28-/m0/s1. The molecule has 1 aromatic heterocycles. The molecule has 5 aromatic rings. The second kappa shape index (κ2) is 7.68. The summed E-state index contributed by atoms with van der Waals surface area (Å²) in [5.41, 5.74) is 1.76. The van der Waals surface area contributed by atoms with E-state index in [0.717, 1.165) is 38.2 Å². The molecule has 0 aliphatic carbocycles. The van der Waals surface area contributed by atoms with Gasteiger partial charge in [0.25, 0.3) is 0 Å². The molecule has 5 rings (SSSR count). The van der Waals surface area contributed by atoms with Gasteiger partial charge in [0, 0.05) is 5.92 Å². The van der Waals surface area contributed by atoms with Gasteiger partial charge in [-0.15, -0.1) is 0 Å². The van der Waals surface area contributed by atoms with Crippen LogP contribution in [-0.4, -0.2) is 11.1 Å². The van der Waals surface area contributed by atoms with E-state index in [9.17, 15) is 9.90 Å². The smallest absolute Gasteiger partial charge is 0.314 e. The van der Waals surface area contributed by atoms with Crippen molar-refractivity contribution in [2.45, 2.75) is 18.3 Å². The van der Waals surface area contributed by atoms with Crippen molar-refractivity contribution in [3.05, 3.63) is 118 Å². The summed E-state index contributed by atoms with van der Waals surface area (Å²) in [6, 6.07) is 30.8. The predicted molar refractivity (Wildman–Crippen MR) is 129 cm³/mol. The summed E-state index contributed by atoms with van der Waals surface area (Å²) < 4.78 is 0. The van der Waals surface area contributed by atoms with Crippen LogP contribution in [-0.2, 0) is 10.2 Å². The largest absolute Gasteiger partial charge is 0.481 e. The first kappa shape index (κ1) is 19.5. The molecule has 3 heteroatoms. The topological polar surface area (TPSA) is 37.3 Å². The molecule has 1 N–H and O–H groups in total. The van der Waals surface area contributed by atoms with Gasteiger partial charge in [0.05, 0.1) is 0 Å². The van der Waals surface area contributed by atoms with Crippen molar-refractivity contribution < 1.29 is 9.90 Å². The van der Waals surface area contributed by atoms with Crippen molar-refractivity contribution in [3.8, 4) is 0 Å². The van der Waals surface area contributed by atoms with Gasteiger partial charge in [0.1, 0.15) is 5.41 Å². The van der Waals surface area contributed by atoms with E-state index in [1.807, 2.05) is 60.1 Å². The van der Waals surface area contributed by atoms with E-state index in [0.29, 0.717) is 0 Å². The summed E-state index contributed by atoms with van der Waals surface area (Å²) >= 11 is 1.54. The van der Waals surface area contributed by atoms with E-state index in [2.05, 4.69) is 48.5 Å². The number of rotatable bonds is 5. The van der Waals surface area contributed by atoms with Crippen LogP contribution in [0.25, 0.3) is 21.5 Å². The molecule has 0 fully saturated rings. The minimum atomic E-state index is -1.13. The molecule has 1 heterocycles. The molecule has 0 saturated carbocycles. The second-order valence-electron chi connectivity index (χ2n) is 8.09. The highest BCUT2D eigenvalue weighted by Crippen LogP contribution is 2.48. The molecule has 0 aliphatic heterocycles. The third kappa shape index (κ3) is 3.13. The summed E-state index contributed by atoms with van der Waals surface area (Å²) in [5.74, 6) is -1.19. The highest BCUT2D eigenvalue weighted by Gasteiger charge is 2.46. The quantitative estimate of drug-likeness (QED) is 0.324. The van der Waals surface area contributed by atoms with Gasteiger partial charge in [-0.1, -0.05) is 84.9 Å². The minimum absolute atomic E-state index is 0.364. The number of aliphatic carboxylic acids is 1. The predicted octanol–water partition coefficient (Wildman–Crippen LogP) is 7.23. The van der Waals surface area contributed by atoms with Crippen molar-refractivity contribution in [2.75, 3.05) is 0 Å². The lowest BCUT2D eigenvalue weighted by Gasteiger charge is -2.36. The van der Waals surface area contributed by atoms with E-state index in [-0.39, 0.29) is 5.92 Å². The van der Waals surface area contributed by atoms with Gasteiger partial charge >= 0.3 is 5.97 Å². The molecule has 152 valence electrons. The SMILES string of the molecule is C[C@](C(=O)O)(c1ccsc1)C(c1cccc2ccccc12)c1cccc2ccccc12. The third-order valence-corrected chi connectivity index (χ3v) is 7.09. The summed E-state index contributed by atoms with van der Waals surface area (Å²) in [6.45, 7) is 1.87. The summed E-state index contributed by atoms with van der Waals surface area (Å²) in [5, 5.41) is 19.0. The molecule has 0 spiro atoms. The van der Waals surface area contributed by atoms with Crippen molar-refractivity contribution in [3.63, 3.8) is 0 Å². The van der Waals surface area contributed by atoms with Crippen molar-refractivity contribution in [1.82, 2.24) is 0 Å². The third-order valence-electron chi connectivity index (χ3n) is 6.41. The van der Waals surface area contributed by atoms with Gasteiger partial charge in [0.15, 0.2) is 0 Å². The number of carboxylic acid groups (broad SMARTS) is 1. The zero-order chi connectivity index (χ0) is 21.4. The molecule has 0 aliphatic rings. The van der Waals surface area contributed by atoms with Crippen LogP contribution in [0.5, 0.6) is 0 Å². The molecule has 0 radical (unpaired) electrons. The number of benzene rings is 4. The Bertz CT molecular complexity index is 1300. The minimum Gasteiger partial charge on any atom is -0.481 e. The fraction of sp³-hybridized carbons (Fsp3) is 0.107. The lowest BCUT2D eigenvalue weighted by Crippen LogP contribution is -2.39. The van der Waals surface area contributed by atoms with E-state index in [4.69, 9.17) is 0 Å². The van der Waals surface area contributed by atoms with Gasteiger partial charge < -0.3 is 5.11 Å². The lowest BCUT2D eigenvalue weighted by atomic mass is 9.65. The van der Waals surface area contributed by atoms with Gasteiger partial charge in [-0.3, -0.25) is 4.79 Å². The zero-order valence-electron chi connectivity index (χ0n) is 17.2. The maximum atomic E-state index is 13.0. The summed E-state index contributed by atoms with van der Waals surface area (Å²) in [6.07, 6.45) is 0. The van der Waals surface area contributed by atoms with Crippen molar-refractivity contribution >= 4 is 38.9 Å². The number of fused-ring (bicyclic) bond motifs is 2. The first-order valence-corrected chi connectivity index (χ1v) is 11.3. The van der Waals surface area contributed by atoms with Crippen LogP contribution < -0.4 is 0 Å². The Morgan fingerprint density at radius 3 is 1.77 bits per heavy atom. The van der Waals surface area contributed by atoms with Gasteiger partial charge in [-0.05, 0) is 62.0 Å². The first-order valence-electron chi connectivity index (χ1n) is 10.3. The second-order valence-corrected chi connectivity index (χ2v) is 8.87. The first-order chi connectivity index (χ1) is 15.1. The molecule has 0 saturated heterocycles. The molecule has 0 unspecified atom stereocenters. The number of thiophene rings is 1. The van der Waals surface area contributed by atoms with Crippen LogP contribution in [0.2, 0.25) is 0 Å². The Hall–Kier alpha value is -3.43. The molecule has 0 amide bonds.